The van der Waals surface area contributed by atoms with Gasteiger partial charge in [-0.05, 0) is 37.0 Å². The van der Waals surface area contributed by atoms with E-state index in [1.807, 2.05) is 54.6 Å². The topological polar surface area (TPSA) is 61.4 Å². The summed E-state index contributed by atoms with van der Waals surface area (Å²) >= 11 is 0. The van der Waals surface area contributed by atoms with E-state index in [2.05, 4.69) is 10.6 Å². The van der Waals surface area contributed by atoms with Gasteiger partial charge in [0.25, 0.3) is 0 Å². The van der Waals surface area contributed by atoms with Crippen molar-refractivity contribution in [2.45, 2.75) is 25.8 Å². The zero-order chi connectivity index (χ0) is 17.6. The van der Waals surface area contributed by atoms with Crippen molar-refractivity contribution in [3.63, 3.8) is 0 Å². The SMILES string of the molecule is C[C@H](NC(=O)NCCc1ccccc1)C(=O)N1CCc2ccccc21. The zero-order valence-corrected chi connectivity index (χ0v) is 14.4. The molecule has 3 amide bonds. The number of nitrogens with one attached hydrogen (secondary N) is 2. The number of fused-ring (bicyclic) bond motifs is 1. The van der Waals surface area contributed by atoms with Crippen LogP contribution in [0.2, 0.25) is 0 Å². The molecule has 1 heterocycles. The first-order valence-corrected chi connectivity index (χ1v) is 8.63. The molecule has 0 bridgehead atoms. The fourth-order valence-corrected chi connectivity index (χ4v) is 3.08. The Morgan fingerprint density at radius 3 is 2.60 bits per heavy atom. The van der Waals surface area contributed by atoms with Gasteiger partial charge in [0.15, 0.2) is 0 Å². The molecule has 0 saturated heterocycles. The molecule has 0 radical (unpaired) electrons. The third kappa shape index (κ3) is 4.18. The van der Waals surface area contributed by atoms with Crippen LogP contribution in [0.4, 0.5) is 10.5 Å². The molecule has 5 nitrogen and oxygen atoms in total. The second-order valence-corrected chi connectivity index (χ2v) is 6.23. The predicted octanol–water partition coefficient (Wildman–Crippen LogP) is 2.51. The Bertz CT molecular complexity index is 746. The largest absolute Gasteiger partial charge is 0.338 e. The van der Waals surface area contributed by atoms with Crippen molar-refractivity contribution < 1.29 is 9.59 Å². The minimum absolute atomic E-state index is 0.0804. The minimum Gasteiger partial charge on any atom is -0.338 e. The maximum absolute atomic E-state index is 12.6. The molecule has 130 valence electrons. The van der Waals surface area contributed by atoms with Gasteiger partial charge in [-0.3, -0.25) is 4.79 Å². The monoisotopic (exact) mass is 337 g/mol. The molecule has 0 aliphatic carbocycles. The molecular formula is C20H23N3O2. The summed E-state index contributed by atoms with van der Waals surface area (Å²) in [6, 6.07) is 17.0. The molecule has 25 heavy (non-hydrogen) atoms. The molecule has 3 rings (SSSR count). The van der Waals surface area contributed by atoms with Crippen LogP contribution in [0.5, 0.6) is 0 Å². The van der Waals surface area contributed by atoms with Gasteiger partial charge in [0.1, 0.15) is 6.04 Å². The molecule has 0 fully saturated rings. The molecule has 0 saturated carbocycles. The van der Waals surface area contributed by atoms with Gasteiger partial charge in [0.05, 0.1) is 0 Å². The fraction of sp³-hybridized carbons (Fsp3) is 0.300. The number of para-hydroxylation sites is 1. The molecule has 2 aromatic rings. The van der Waals surface area contributed by atoms with E-state index < -0.39 is 6.04 Å². The number of amides is 3. The van der Waals surface area contributed by atoms with E-state index in [0.717, 1.165) is 18.5 Å². The lowest BCUT2D eigenvalue weighted by atomic mass is 10.1. The van der Waals surface area contributed by atoms with Crippen molar-refractivity contribution in [2.24, 2.45) is 0 Å². The van der Waals surface area contributed by atoms with Crippen molar-refractivity contribution in [2.75, 3.05) is 18.0 Å². The third-order valence-corrected chi connectivity index (χ3v) is 4.41. The highest BCUT2D eigenvalue weighted by molar-refractivity contribution is 6.00. The first-order valence-electron chi connectivity index (χ1n) is 8.63. The number of urea groups is 1. The van der Waals surface area contributed by atoms with Gasteiger partial charge in [-0.2, -0.15) is 0 Å². The summed E-state index contributed by atoms with van der Waals surface area (Å²) in [6.07, 6.45) is 1.62. The second-order valence-electron chi connectivity index (χ2n) is 6.23. The van der Waals surface area contributed by atoms with Crippen LogP contribution in [0.3, 0.4) is 0 Å². The second kappa shape index (κ2) is 7.83. The van der Waals surface area contributed by atoms with Crippen LogP contribution in [0.25, 0.3) is 0 Å². The highest BCUT2D eigenvalue weighted by atomic mass is 16.2. The smallest absolute Gasteiger partial charge is 0.315 e. The summed E-state index contributed by atoms with van der Waals surface area (Å²) in [6.45, 7) is 2.92. The maximum Gasteiger partial charge on any atom is 0.315 e. The van der Waals surface area contributed by atoms with Crippen molar-refractivity contribution in [1.29, 1.82) is 0 Å². The molecule has 2 aromatic carbocycles. The fourth-order valence-electron chi connectivity index (χ4n) is 3.08. The number of rotatable bonds is 5. The number of carbonyl (C=O) groups excluding carboxylic acids is 2. The third-order valence-electron chi connectivity index (χ3n) is 4.41. The van der Waals surface area contributed by atoms with Crippen molar-refractivity contribution in [3.05, 3.63) is 65.7 Å². The lowest BCUT2D eigenvalue weighted by Crippen LogP contribution is -2.49. The standard InChI is InChI=1S/C20H23N3O2/c1-15(19(24)23-14-12-17-9-5-6-10-18(17)23)22-20(25)21-13-11-16-7-3-2-4-8-16/h2-10,15H,11-14H2,1H3,(H2,21,22,25)/t15-/m0/s1. The zero-order valence-electron chi connectivity index (χ0n) is 14.4. The lowest BCUT2D eigenvalue weighted by Gasteiger charge is -2.22. The molecule has 0 spiro atoms. The van der Waals surface area contributed by atoms with E-state index in [0.29, 0.717) is 13.1 Å². The van der Waals surface area contributed by atoms with E-state index in [1.165, 1.54) is 11.1 Å². The van der Waals surface area contributed by atoms with Crippen LogP contribution in [0, 0.1) is 0 Å². The summed E-state index contributed by atoms with van der Waals surface area (Å²) in [5.41, 5.74) is 3.29. The van der Waals surface area contributed by atoms with Gasteiger partial charge in [0, 0.05) is 18.8 Å². The summed E-state index contributed by atoms with van der Waals surface area (Å²) < 4.78 is 0. The van der Waals surface area contributed by atoms with Gasteiger partial charge >= 0.3 is 6.03 Å². The van der Waals surface area contributed by atoms with Crippen LogP contribution in [-0.4, -0.2) is 31.1 Å². The highest BCUT2D eigenvalue weighted by Crippen LogP contribution is 2.27. The molecule has 1 aliphatic heterocycles. The van der Waals surface area contributed by atoms with Crippen LogP contribution in [-0.2, 0) is 17.6 Å². The van der Waals surface area contributed by atoms with Gasteiger partial charge in [-0.1, -0.05) is 48.5 Å². The number of hydrogen-bond donors (Lipinski definition) is 2. The Morgan fingerprint density at radius 1 is 1.08 bits per heavy atom. The summed E-state index contributed by atoms with van der Waals surface area (Å²) in [5, 5.41) is 5.54. The number of benzene rings is 2. The van der Waals surface area contributed by atoms with E-state index in [-0.39, 0.29) is 11.9 Å². The number of carbonyl (C=O) groups is 2. The Kier molecular flexibility index (Phi) is 5.33. The summed E-state index contributed by atoms with van der Waals surface area (Å²) in [7, 11) is 0. The molecule has 0 aromatic heterocycles. The Balaban J connectivity index is 1.47. The van der Waals surface area contributed by atoms with Gasteiger partial charge < -0.3 is 15.5 Å². The van der Waals surface area contributed by atoms with Crippen molar-refractivity contribution in [3.8, 4) is 0 Å². The van der Waals surface area contributed by atoms with E-state index in [4.69, 9.17) is 0 Å². The molecule has 2 N–H and O–H groups in total. The van der Waals surface area contributed by atoms with Gasteiger partial charge in [-0.25, -0.2) is 4.79 Å². The molecular weight excluding hydrogens is 314 g/mol. The average Bonchev–Trinajstić information content (AvgIpc) is 3.06. The Morgan fingerprint density at radius 2 is 1.80 bits per heavy atom. The van der Waals surface area contributed by atoms with Gasteiger partial charge in [0.2, 0.25) is 5.91 Å². The van der Waals surface area contributed by atoms with Crippen LogP contribution in [0.15, 0.2) is 54.6 Å². The lowest BCUT2D eigenvalue weighted by molar-refractivity contribution is -0.119. The average molecular weight is 337 g/mol. The summed E-state index contributed by atoms with van der Waals surface area (Å²) in [4.78, 5) is 26.4. The highest BCUT2D eigenvalue weighted by Gasteiger charge is 2.28. The Hall–Kier alpha value is -2.82. The minimum atomic E-state index is -0.567. The van der Waals surface area contributed by atoms with E-state index in [1.54, 1.807) is 11.8 Å². The normalized spacial score (nSPS) is 13.9. The predicted molar refractivity (Wildman–Crippen MR) is 98.6 cm³/mol. The van der Waals surface area contributed by atoms with E-state index >= 15 is 0 Å². The van der Waals surface area contributed by atoms with Crippen molar-refractivity contribution in [1.82, 2.24) is 10.6 Å². The maximum atomic E-state index is 12.6. The summed E-state index contributed by atoms with van der Waals surface area (Å²) in [5.74, 6) is -0.0804. The van der Waals surface area contributed by atoms with E-state index in [9.17, 15) is 9.59 Å². The van der Waals surface area contributed by atoms with Crippen LogP contribution < -0.4 is 15.5 Å². The molecule has 1 aliphatic rings. The van der Waals surface area contributed by atoms with Crippen LogP contribution in [0.1, 0.15) is 18.1 Å². The first-order chi connectivity index (χ1) is 12.1. The quantitative estimate of drug-likeness (QED) is 0.881. The van der Waals surface area contributed by atoms with Crippen LogP contribution >= 0.6 is 0 Å². The first kappa shape index (κ1) is 17.0. The number of hydrogen-bond acceptors (Lipinski definition) is 2. The molecule has 5 heteroatoms. The Labute approximate surface area is 148 Å². The van der Waals surface area contributed by atoms with Gasteiger partial charge in [-0.15, -0.1) is 0 Å². The number of nitrogens with zero attached hydrogens (tertiary/aromatic N) is 1. The number of anilines is 1. The van der Waals surface area contributed by atoms with Crippen molar-refractivity contribution >= 4 is 17.6 Å². The molecule has 1 atom stereocenters. The molecule has 0 unspecified atom stereocenters.